The molecule has 0 saturated carbocycles. The van der Waals surface area contributed by atoms with Crippen molar-refractivity contribution in [3.63, 3.8) is 0 Å². The molecule has 0 spiro atoms. The predicted octanol–water partition coefficient (Wildman–Crippen LogP) is 3.30. The molecule has 0 radical (unpaired) electrons. The number of nitrogens with zero attached hydrogens (tertiary/aromatic N) is 5. The number of pyridine rings is 1. The van der Waals surface area contributed by atoms with Crippen molar-refractivity contribution >= 4 is 27.0 Å². The number of hydrogen-bond donors (Lipinski definition) is 0. The predicted molar refractivity (Wildman–Crippen MR) is 113 cm³/mol. The molecule has 1 saturated heterocycles. The molecule has 1 fully saturated rings. The van der Waals surface area contributed by atoms with Gasteiger partial charge in [-0.3, -0.25) is 14.3 Å². The lowest BCUT2D eigenvalue weighted by atomic mass is 10.1. The van der Waals surface area contributed by atoms with Gasteiger partial charge >= 0.3 is 0 Å². The Labute approximate surface area is 169 Å². The third kappa shape index (κ3) is 4.41. The van der Waals surface area contributed by atoms with Crippen LogP contribution in [-0.2, 0) is 6.54 Å². The van der Waals surface area contributed by atoms with Crippen LogP contribution in [0.25, 0.3) is 11.0 Å². The number of rotatable bonds is 5. The Bertz CT molecular complexity index is 852. The SMILES string of the molecule is CCC[C@H](c1nc2ncc(Br)cc2c(=O)n1CC)N1CCN(C)CC(C)C1. The molecule has 0 amide bonds. The number of likely N-dealkylation sites (N-methyl/N-ethyl adjacent to an activating group) is 1. The molecule has 3 heterocycles. The Morgan fingerprint density at radius 3 is 2.78 bits per heavy atom. The van der Waals surface area contributed by atoms with Gasteiger partial charge < -0.3 is 4.90 Å². The zero-order valence-electron chi connectivity index (χ0n) is 16.8. The molecule has 6 nitrogen and oxygen atoms in total. The van der Waals surface area contributed by atoms with Gasteiger partial charge in [0.15, 0.2) is 5.65 Å². The fourth-order valence-corrected chi connectivity index (χ4v) is 4.49. The second-order valence-electron chi connectivity index (χ2n) is 7.71. The summed E-state index contributed by atoms with van der Waals surface area (Å²) in [5.41, 5.74) is 0.552. The highest BCUT2D eigenvalue weighted by atomic mass is 79.9. The van der Waals surface area contributed by atoms with Crippen molar-refractivity contribution < 1.29 is 0 Å². The Morgan fingerprint density at radius 2 is 2.07 bits per heavy atom. The summed E-state index contributed by atoms with van der Waals surface area (Å²) in [6.07, 6.45) is 3.76. The lowest BCUT2D eigenvalue weighted by Crippen LogP contribution is -2.38. The summed E-state index contributed by atoms with van der Waals surface area (Å²) in [5, 5.41) is 0.578. The van der Waals surface area contributed by atoms with Crippen molar-refractivity contribution in [1.82, 2.24) is 24.3 Å². The molecular formula is C20H30BrN5O. The van der Waals surface area contributed by atoms with Crippen LogP contribution in [0.2, 0.25) is 0 Å². The first kappa shape index (κ1) is 20.4. The number of halogens is 1. The molecule has 2 atom stereocenters. The summed E-state index contributed by atoms with van der Waals surface area (Å²) < 4.78 is 2.65. The first-order valence-corrected chi connectivity index (χ1v) is 10.7. The molecule has 1 unspecified atom stereocenters. The molecular weight excluding hydrogens is 406 g/mol. The van der Waals surface area contributed by atoms with Crippen LogP contribution in [0.5, 0.6) is 0 Å². The van der Waals surface area contributed by atoms with Gasteiger partial charge in [0.25, 0.3) is 5.56 Å². The molecule has 7 heteroatoms. The highest BCUT2D eigenvalue weighted by Gasteiger charge is 2.28. The average molecular weight is 436 g/mol. The molecule has 148 valence electrons. The number of fused-ring (bicyclic) bond motifs is 1. The third-order valence-corrected chi connectivity index (χ3v) is 5.80. The molecule has 0 N–H and O–H groups in total. The molecule has 0 aliphatic carbocycles. The molecule has 2 aromatic rings. The van der Waals surface area contributed by atoms with Crippen LogP contribution in [0, 0.1) is 5.92 Å². The van der Waals surface area contributed by atoms with Crippen molar-refractivity contribution in [1.29, 1.82) is 0 Å². The molecule has 1 aliphatic rings. The summed E-state index contributed by atoms with van der Waals surface area (Å²) in [6.45, 7) is 11.3. The van der Waals surface area contributed by atoms with E-state index < -0.39 is 0 Å². The Morgan fingerprint density at radius 1 is 1.30 bits per heavy atom. The van der Waals surface area contributed by atoms with Crippen molar-refractivity contribution in [2.45, 2.75) is 46.2 Å². The van der Waals surface area contributed by atoms with E-state index in [0.29, 0.717) is 23.5 Å². The van der Waals surface area contributed by atoms with E-state index in [1.807, 2.05) is 17.6 Å². The van der Waals surface area contributed by atoms with Crippen LogP contribution >= 0.6 is 15.9 Å². The lowest BCUT2D eigenvalue weighted by Gasteiger charge is -2.32. The summed E-state index contributed by atoms with van der Waals surface area (Å²) in [4.78, 5) is 27.4. The molecule has 2 aromatic heterocycles. The number of aromatic nitrogens is 3. The van der Waals surface area contributed by atoms with Gasteiger partial charge in [0, 0.05) is 43.4 Å². The number of hydrogen-bond acceptors (Lipinski definition) is 5. The normalized spacial score (nSPS) is 20.7. The fourth-order valence-electron chi connectivity index (χ4n) is 4.16. The van der Waals surface area contributed by atoms with Crippen LogP contribution < -0.4 is 5.56 Å². The van der Waals surface area contributed by atoms with E-state index in [2.05, 4.69) is 51.6 Å². The second-order valence-corrected chi connectivity index (χ2v) is 8.63. The first-order chi connectivity index (χ1) is 12.9. The standard InChI is InChI=1S/C20H30BrN5O/c1-5-7-17(25-9-8-24(4)12-14(3)13-25)19-23-18-16(10-15(21)11-22-18)20(27)26(19)6-2/h10-11,14,17H,5-9,12-13H2,1-4H3/t14?,17-/m1/s1. The van der Waals surface area contributed by atoms with E-state index in [0.717, 1.165) is 49.3 Å². The monoisotopic (exact) mass is 435 g/mol. The molecule has 0 aromatic carbocycles. The van der Waals surface area contributed by atoms with Gasteiger partial charge in [-0.15, -0.1) is 0 Å². The first-order valence-electron chi connectivity index (χ1n) is 9.93. The maximum absolute atomic E-state index is 13.1. The second kappa shape index (κ2) is 8.80. The van der Waals surface area contributed by atoms with Gasteiger partial charge in [0.1, 0.15) is 5.82 Å². The highest BCUT2D eigenvalue weighted by Crippen LogP contribution is 2.27. The van der Waals surface area contributed by atoms with Crippen molar-refractivity contribution in [2.75, 3.05) is 33.2 Å². The van der Waals surface area contributed by atoms with Gasteiger partial charge in [0.2, 0.25) is 0 Å². The van der Waals surface area contributed by atoms with Crippen LogP contribution in [-0.4, -0.2) is 57.6 Å². The fraction of sp³-hybridized carbons (Fsp3) is 0.650. The minimum atomic E-state index is 0.00684. The highest BCUT2D eigenvalue weighted by molar-refractivity contribution is 9.10. The lowest BCUT2D eigenvalue weighted by molar-refractivity contribution is 0.167. The van der Waals surface area contributed by atoms with Crippen molar-refractivity contribution in [3.8, 4) is 0 Å². The van der Waals surface area contributed by atoms with Crippen LogP contribution in [0.15, 0.2) is 21.5 Å². The van der Waals surface area contributed by atoms with Gasteiger partial charge in [-0.05, 0) is 48.3 Å². The smallest absolute Gasteiger partial charge is 0.263 e. The molecule has 3 rings (SSSR count). The maximum atomic E-state index is 13.1. The van der Waals surface area contributed by atoms with E-state index in [-0.39, 0.29) is 11.6 Å². The third-order valence-electron chi connectivity index (χ3n) is 5.36. The summed E-state index contributed by atoms with van der Waals surface area (Å²) >= 11 is 3.42. The Hall–Kier alpha value is -1.31. The molecule has 0 bridgehead atoms. The van der Waals surface area contributed by atoms with Crippen LogP contribution in [0.4, 0.5) is 0 Å². The van der Waals surface area contributed by atoms with Gasteiger partial charge in [0.05, 0.1) is 11.4 Å². The quantitative estimate of drug-likeness (QED) is 0.720. The minimum absolute atomic E-state index is 0.00684. The summed E-state index contributed by atoms with van der Waals surface area (Å²) in [5.74, 6) is 1.46. The zero-order chi connectivity index (χ0) is 19.6. The van der Waals surface area contributed by atoms with E-state index in [9.17, 15) is 4.79 Å². The van der Waals surface area contributed by atoms with Gasteiger partial charge in [-0.25, -0.2) is 9.97 Å². The molecule has 1 aliphatic heterocycles. The van der Waals surface area contributed by atoms with E-state index >= 15 is 0 Å². The van der Waals surface area contributed by atoms with Gasteiger partial charge in [-0.1, -0.05) is 20.3 Å². The maximum Gasteiger partial charge on any atom is 0.263 e. The Balaban J connectivity index is 2.10. The zero-order valence-corrected chi connectivity index (χ0v) is 18.4. The largest absolute Gasteiger partial charge is 0.305 e. The minimum Gasteiger partial charge on any atom is -0.305 e. The summed E-state index contributed by atoms with van der Waals surface area (Å²) in [7, 11) is 2.19. The molecule has 27 heavy (non-hydrogen) atoms. The summed E-state index contributed by atoms with van der Waals surface area (Å²) in [6, 6.07) is 1.97. The van der Waals surface area contributed by atoms with Crippen molar-refractivity contribution in [3.05, 3.63) is 32.9 Å². The average Bonchev–Trinajstić information content (AvgIpc) is 2.80. The Kier molecular flexibility index (Phi) is 6.65. The van der Waals surface area contributed by atoms with Crippen LogP contribution in [0.3, 0.4) is 0 Å². The van der Waals surface area contributed by atoms with Crippen LogP contribution in [0.1, 0.15) is 45.5 Å². The van der Waals surface area contributed by atoms with Crippen molar-refractivity contribution in [2.24, 2.45) is 5.92 Å². The van der Waals surface area contributed by atoms with E-state index in [4.69, 9.17) is 4.98 Å². The van der Waals surface area contributed by atoms with E-state index in [1.54, 1.807) is 6.20 Å². The topological polar surface area (TPSA) is 54.3 Å². The van der Waals surface area contributed by atoms with E-state index in [1.165, 1.54) is 0 Å². The van der Waals surface area contributed by atoms with Gasteiger partial charge in [-0.2, -0.15) is 0 Å².